The van der Waals surface area contributed by atoms with Gasteiger partial charge in [-0.2, -0.15) is 10.4 Å². The van der Waals surface area contributed by atoms with Crippen LogP contribution in [0, 0.1) is 18.3 Å². The lowest BCUT2D eigenvalue weighted by atomic mass is 9.92. The highest BCUT2D eigenvalue weighted by atomic mass is 16.5. The van der Waals surface area contributed by atoms with Crippen LogP contribution in [0.15, 0.2) is 30.6 Å². The summed E-state index contributed by atoms with van der Waals surface area (Å²) in [6.45, 7) is 4.12. The smallest absolute Gasteiger partial charge is 0.142 e. The van der Waals surface area contributed by atoms with Crippen LogP contribution in [0.2, 0.25) is 0 Å². The van der Waals surface area contributed by atoms with Gasteiger partial charge in [0.1, 0.15) is 23.2 Å². The van der Waals surface area contributed by atoms with Gasteiger partial charge in [0.25, 0.3) is 0 Å². The second-order valence-corrected chi connectivity index (χ2v) is 6.15. The summed E-state index contributed by atoms with van der Waals surface area (Å²) >= 11 is 0. The fourth-order valence-electron chi connectivity index (χ4n) is 3.15. The number of hydrogen-bond acceptors (Lipinski definition) is 6. The first-order valence-electron chi connectivity index (χ1n) is 8.56. The third-order valence-corrected chi connectivity index (χ3v) is 4.38. The highest BCUT2D eigenvalue weighted by Gasteiger charge is 2.20. The van der Waals surface area contributed by atoms with Gasteiger partial charge in [-0.25, -0.2) is 4.98 Å². The van der Waals surface area contributed by atoms with Crippen molar-refractivity contribution < 1.29 is 9.84 Å². The van der Waals surface area contributed by atoms with Crippen LogP contribution in [-0.4, -0.2) is 26.5 Å². The molecular weight excluding hydrogens is 342 g/mol. The van der Waals surface area contributed by atoms with Crippen LogP contribution in [-0.2, 0) is 13.7 Å². The van der Waals surface area contributed by atoms with Crippen molar-refractivity contribution >= 4 is 5.82 Å². The number of aryl methyl sites for hydroxylation is 1. The van der Waals surface area contributed by atoms with Crippen molar-refractivity contribution in [3.8, 4) is 34.2 Å². The fourth-order valence-corrected chi connectivity index (χ4v) is 3.15. The van der Waals surface area contributed by atoms with E-state index in [2.05, 4.69) is 16.2 Å². The van der Waals surface area contributed by atoms with Gasteiger partial charge in [0, 0.05) is 29.9 Å². The predicted molar refractivity (Wildman–Crippen MR) is 103 cm³/mol. The van der Waals surface area contributed by atoms with Crippen molar-refractivity contribution in [1.29, 1.82) is 5.26 Å². The zero-order chi connectivity index (χ0) is 19.6. The quantitative estimate of drug-likeness (QED) is 0.721. The Labute approximate surface area is 157 Å². The van der Waals surface area contributed by atoms with Crippen LogP contribution in [0.25, 0.3) is 22.4 Å². The number of pyridine rings is 1. The number of aliphatic hydroxyl groups is 1. The Morgan fingerprint density at radius 2 is 2.11 bits per heavy atom. The number of aromatic nitrogens is 3. The van der Waals surface area contributed by atoms with E-state index in [0.29, 0.717) is 34.7 Å². The van der Waals surface area contributed by atoms with Crippen LogP contribution in [0.1, 0.15) is 23.6 Å². The average molecular weight is 363 g/mol. The van der Waals surface area contributed by atoms with E-state index in [1.807, 2.05) is 39.2 Å². The maximum atomic E-state index is 9.71. The van der Waals surface area contributed by atoms with E-state index in [1.165, 1.54) is 0 Å². The molecule has 138 valence electrons. The Morgan fingerprint density at radius 1 is 1.33 bits per heavy atom. The largest absolute Gasteiger partial charge is 0.494 e. The average Bonchev–Trinajstić information content (AvgIpc) is 3.09. The number of aliphatic hydroxyl groups excluding tert-OH is 1. The minimum Gasteiger partial charge on any atom is -0.494 e. The van der Waals surface area contributed by atoms with E-state index in [-0.39, 0.29) is 12.4 Å². The molecule has 7 heteroatoms. The summed E-state index contributed by atoms with van der Waals surface area (Å²) in [7, 11) is 1.83. The van der Waals surface area contributed by atoms with E-state index in [9.17, 15) is 10.4 Å². The molecule has 0 fully saturated rings. The molecule has 0 aliphatic carbocycles. The van der Waals surface area contributed by atoms with Crippen molar-refractivity contribution in [2.75, 3.05) is 12.3 Å². The third kappa shape index (κ3) is 3.35. The lowest BCUT2D eigenvalue weighted by Crippen LogP contribution is -2.04. The summed E-state index contributed by atoms with van der Waals surface area (Å²) in [5.41, 5.74) is 10.8. The molecule has 3 N–H and O–H groups in total. The second kappa shape index (κ2) is 7.48. The van der Waals surface area contributed by atoms with E-state index in [4.69, 9.17) is 10.5 Å². The summed E-state index contributed by atoms with van der Waals surface area (Å²) in [6, 6.07) is 7.64. The second-order valence-electron chi connectivity index (χ2n) is 6.15. The molecule has 1 aromatic carbocycles. The predicted octanol–water partition coefficient (Wildman–Crippen LogP) is 2.80. The summed E-state index contributed by atoms with van der Waals surface area (Å²) in [5, 5.41) is 23.6. The molecule has 7 nitrogen and oxygen atoms in total. The maximum Gasteiger partial charge on any atom is 0.142 e. The molecule has 0 radical (unpaired) electrons. The minimum absolute atomic E-state index is 0.163. The molecule has 2 aromatic heterocycles. The lowest BCUT2D eigenvalue weighted by molar-refractivity contribution is 0.267. The van der Waals surface area contributed by atoms with Crippen molar-refractivity contribution in [1.82, 2.24) is 14.8 Å². The van der Waals surface area contributed by atoms with E-state index >= 15 is 0 Å². The first-order valence-corrected chi connectivity index (χ1v) is 8.56. The van der Waals surface area contributed by atoms with Crippen LogP contribution in [0.4, 0.5) is 5.82 Å². The number of anilines is 1. The van der Waals surface area contributed by atoms with Crippen molar-refractivity contribution in [3.63, 3.8) is 0 Å². The number of ether oxygens (including phenoxy) is 1. The van der Waals surface area contributed by atoms with Crippen LogP contribution in [0.3, 0.4) is 0 Å². The summed E-state index contributed by atoms with van der Waals surface area (Å²) in [6.07, 6.45) is 3.56. The number of hydrogen-bond donors (Lipinski definition) is 2. The Morgan fingerprint density at radius 3 is 2.70 bits per heavy atom. The van der Waals surface area contributed by atoms with Crippen molar-refractivity contribution in [2.24, 2.45) is 7.05 Å². The van der Waals surface area contributed by atoms with Crippen molar-refractivity contribution in [3.05, 3.63) is 47.3 Å². The van der Waals surface area contributed by atoms with E-state index < -0.39 is 0 Å². The van der Waals surface area contributed by atoms with Gasteiger partial charge in [-0.15, -0.1) is 0 Å². The molecule has 0 aliphatic heterocycles. The van der Waals surface area contributed by atoms with Gasteiger partial charge in [0.2, 0.25) is 0 Å². The Hall–Kier alpha value is -3.37. The van der Waals surface area contributed by atoms with Gasteiger partial charge >= 0.3 is 0 Å². The topological polar surface area (TPSA) is 110 Å². The van der Waals surface area contributed by atoms with E-state index in [0.717, 1.165) is 16.7 Å². The molecule has 0 atom stereocenters. The monoisotopic (exact) mass is 363 g/mol. The van der Waals surface area contributed by atoms with Gasteiger partial charge in [-0.05, 0) is 37.1 Å². The normalized spacial score (nSPS) is 10.6. The molecule has 3 aromatic rings. The SMILES string of the molecule is CCOc1ccc(-c2c(C)c(-c3cnn(C)c3)nc(N)c2C#N)cc1CO. The molecule has 27 heavy (non-hydrogen) atoms. The van der Waals surface area contributed by atoms with Gasteiger partial charge in [-0.1, -0.05) is 6.07 Å². The molecule has 0 spiro atoms. The fraction of sp³-hybridized carbons (Fsp3) is 0.250. The molecular formula is C20H21N5O2. The van der Waals surface area contributed by atoms with Crippen LogP contribution in [0.5, 0.6) is 5.75 Å². The zero-order valence-electron chi connectivity index (χ0n) is 15.5. The zero-order valence-corrected chi connectivity index (χ0v) is 15.5. The molecule has 0 saturated heterocycles. The van der Waals surface area contributed by atoms with Crippen LogP contribution >= 0.6 is 0 Å². The van der Waals surface area contributed by atoms with Gasteiger partial charge < -0.3 is 15.6 Å². The number of rotatable bonds is 5. The Balaban J connectivity index is 2.26. The minimum atomic E-state index is -0.167. The standard InChI is InChI=1S/C20H21N5O2/c1-4-27-17-6-5-13(7-14(17)11-26)18-12(2)19(15-9-23-25(3)10-15)24-20(22)16(18)8-21/h5-7,9-10,26H,4,11H2,1-3H3,(H2,22,24). The first kappa shape index (κ1) is 18.4. The molecule has 0 aliphatic rings. The van der Waals surface area contributed by atoms with Gasteiger partial charge in [0.15, 0.2) is 0 Å². The summed E-state index contributed by atoms with van der Waals surface area (Å²) in [4.78, 5) is 4.43. The number of nitriles is 1. The highest BCUT2D eigenvalue weighted by molar-refractivity contribution is 5.84. The number of nitrogen functional groups attached to an aromatic ring is 1. The Kier molecular flexibility index (Phi) is 5.10. The number of nitrogens with two attached hydrogens (primary N) is 1. The van der Waals surface area contributed by atoms with Crippen LogP contribution < -0.4 is 10.5 Å². The first-order chi connectivity index (χ1) is 13.0. The molecule has 0 bridgehead atoms. The van der Waals surface area contributed by atoms with E-state index in [1.54, 1.807) is 16.9 Å². The molecule has 2 heterocycles. The molecule has 0 unspecified atom stereocenters. The third-order valence-electron chi connectivity index (χ3n) is 4.38. The van der Waals surface area contributed by atoms with Gasteiger partial charge in [0.05, 0.1) is 25.1 Å². The maximum absolute atomic E-state index is 9.71. The Bertz CT molecular complexity index is 1030. The van der Waals surface area contributed by atoms with Gasteiger partial charge in [-0.3, -0.25) is 4.68 Å². The number of benzene rings is 1. The number of nitrogens with zero attached hydrogens (tertiary/aromatic N) is 4. The molecule has 0 saturated carbocycles. The summed E-state index contributed by atoms with van der Waals surface area (Å²) < 4.78 is 7.24. The highest BCUT2D eigenvalue weighted by Crippen LogP contribution is 2.37. The lowest BCUT2D eigenvalue weighted by Gasteiger charge is -2.16. The summed E-state index contributed by atoms with van der Waals surface area (Å²) in [5.74, 6) is 0.783. The molecule has 3 rings (SSSR count). The van der Waals surface area contributed by atoms with Crippen molar-refractivity contribution in [2.45, 2.75) is 20.5 Å². The molecule has 0 amide bonds.